The summed E-state index contributed by atoms with van der Waals surface area (Å²) in [5.41, 5.74) is 0. The van der Waals surface area contributed by atoms with Gasteiger partial charge in [-0.25, -0.2) is 13.4 Å². The number of hydrogen-bond acceptors (Lipinski definition) is 4. The van der Waals surface area contributed by atoms with Crippen LogP contribution in [0.3, 0.4) is 0 Å². The average Bonchev–Trinajstić information content (AvgIpc) is 2.53. The Morgan fingerprint density at radius 3 is 2.86 bits per heavy atom. The molecule has 0 saturated carbocycles. The van der Waals surface area contributed by atoms with Gasteiger partial charge in [0.2, 0.25) is 0 Å². The predicted molar refractivity (Wildman–Crippen MR) is 52.5 cm³/mol. The maximum atomic E-state index is 10.8. The Labute approximate surface area is 83.1 Å². The second-order valence-electron chi connectivity index (χ2n) is 3.26. The number of H-pyrrole nitrogens is 1. The van der Waals surface area contributed by atoms with Crippen molar-refractivity contribution in [2.45, 2.75) is 18.9 Å². The fourth-order valence-electron chi connectivity index (χ4n) is 1.14. The number of imidazole rings is 1. The van der Waals surface area contributed by atoms with E-state index in [1.165, 1.54) is 6.26 Å². The van der Waals surface area contributed by atoms with E-state index in [0.717, 1.165) is 0 Å². The first-order valence-electron chi connectivity index (χ1n) is 4.34. The minimum atomic E-state index is -2.93. The van der Waals surface area contributed by atoms with Gasteiger partial charge in [0, 0.05) is 24.4 Å². The number of aromatic amines is 1. The zero-order valence-corrected chi connectivity index (χ0v) is 8.79. The average molecular weight is 218 g/mol. The number of hydrogen-bond donors (Lipinski definition) is 2. The normalized spacial score (nSPS) is 14.1. The summed E-state index contributed by atoms with van der Waals surface area (Å²) in [5.74, 6) is 0.587. The third-order valence-corrected chi connectivity index (χ3v) is 2.86. The van der Waals surface area contributed by atoms with Crippen LogP contribution in [0.2, 0.25) is 0 Å². The van der Waals surface area contributed by atoms with Gasteiger partial charge in [-0.05, 0) is 12.8 Å². The van der Waals surface area contributed by atoms with Crippen molar-refractivity contribution in [2.24, 2.45) is 0 Å². The Bertz CT molecular complexity index is 358. The summed E-state index contributed by atoms with van der Waals surface area (Å²) in [7, 11) is -2.93. The predicted octanol–water partition coefficient (Wildman–Crippen LogP) is 0.268. The molecule has 0 saturated heterocycles. The molecule has 1 atom stereocenters. The van der Waals surface area contributed by atoms with Crippen molar-refractivity contribution in [3.05, 3.63) is 18.2 Å². The molecule has 1 heterocycles. The van der Waals surface area contributed by atoms with Crippen LogP contribution in [0.25, 0.3) is 0 Å². The van der Waals surface area contributed by atoms with Gasteiger partial charge < -0.3 is 10.1 Å². The molecule has 80 valence electrons. The summed E-state index contributed by atoms with van der Waals surface area (Å²) in [5, 5.41) is 9.52. The summed E-state index contributed by atoms with van der Waals surface area (Å²) in [6, 6.07) is 0. The summed E-state index contributed by atoms with van der Waals surface area (Å²) in [6.45, 7) is 0. The highest BCUT2D eigenvalue weighted by Crippen LogP contribution is 2.13. The lowest BCUT2D eigenvalue weighted by atomic mass is 10.2. The quantitative estimate of drug-likeness (QED) is 0.743. The number of nitrogens with zero attached hydrogens (tertiary/aromatic N) is 1. The van der Waals surface area contributed by atoms with Gasteiger partial charge in [-0.1, -0.05) is 0 Å². The van der Waals surface area contributed by atoms with E-state index in [0.29, 0.717) is 18.7 Å². The molecule has 2 N–H and O–H groups in total. The Morgan fingerprint density at radius 2 is 2.36 bits per heavy atom. The van der Waals surface area contributed by atoms with Gasteiger partial charge in [-0.3, -0.25) is 0 Å². The van der Waals surface area contributed by atoms with Gasteiger partial charge in [0.25, 0.3) is 0 Å². The molecule has 1 rings (SSSR count). The van der Waals surface area contributed by atoms with E-state index in [4.69, 9.17) is 0 Å². The minimum absolute atomic E-state index is 0.102. The monoisotopic (exact) mass is 218 g/mol. The van der Waals surface area contributed by atoms with E-state index >= 15 is 0 Å². The van der Waals surface area contributed by atoms with Crippen LogP contribution in [0.5, 0.6) is 0 Å². The molecular weight excluding hydrogens is 204 g/mol. The molecule has 14 heavy (non-hydrogen) atoms. The number of aliphatic hydroxyl groups is 1. The van der Waals surface area contributed by atoms with Gasteiger partial charge in [-0.15, -0.1) is 0 Å². The topological polar surface area (TPSA) is 83.1 Å². The third-order valence-electron chi connectivity index (χ3n) is 1.83. The zero-order chi connectivity index (χ0) is 10.6. The van der Waals surface area contributed by atoms with Crippen molar-refractivity contribution >= 4 is 9.84 Å². The van der Waals surface area contributed by atoms with Crippen molar-refractivity contribution < 1.29 is 13.5 Å². The minimum Gasteiger partial charge on any atom is -0.385 e. The van der Waals surface area contributed by atoms with Crippen molar-refractivity contribution in [2.75, 3.05) is 12.0 Å². The molecule has 0 aliphatic heterocycles. The highest BCUT2D eigenvalue weighted by Gasteiger charge is 2.10. The van der Waals surface area contributed by atoms with Crippen molar-refractivity contribution in [1.29, 1.82) is 0 Å². The maximum Gasteiger partial charge on any atom is 0.147 e. The zero-order valence-electron chi connectivity index (χ0n) is 7.97. The fraction of sp³-hybridized carbons (Fsp3) is 0.625. The maximum absolute atomic E-state index is 10.8. The molecule has 1 aromatic heterocycles. The summed E-state index contributed by atoms with van der Waals surface area (Å²) in [6.07, 6.45) is 4.50. The van der Waals surface area contributed by atoms with Crippen molar-refractivity contribution in [3.63, 3.8) is 0 Å². The van der Waals surface area contributed by atoms with Gasteiger partial charge in [0.05, 0.1) is 0 Å². The third kappa shape index (κ3) is 3.89. The van der Waals surface area contributed by atoms with Crippen LogP contribution in [-0.4, -0.2) is 35.5 Å². The lowest BCUT2D eigenvalue weighted by Gasteiger charge is -2.06. The Kier molecular flexibility index (Phi) is 3.65. The SMILES string of the molecule is CS(=O)(=O)CCCC(O)c1ncc[nH]1. The number of aliphatic hydroxyl groups excluding tert-OH is 1. The van der Waals surface area contributed by atoms with Gasteiger partial charge in [0.1, 0.15) is 21.8 Å². The molecule has 5 nitrogen and oxygen atoms in total. The molecule has 0 spiro atoms. The molecule has 0 amide bonds. The van der Waals surface area contributed by atoms with Gasteiger partial charge in [0.15, 0.2) is 0 Å². The molecule has 0 fully saturated rings. The summed E-state index contributed by atoms with van der Waals surface area (Å²) >= 11 is 0. The van der Waals surface area contributed by atoms with Gasteiger partial charge in [-0.2, -0.15) is 0 Å². The number of aromatic nitrogens is 2. The molecule has 0 aliphatic rings. The Hall–Kier alpha value is -0.880. The lowest BCUT2D eigenvalue weighted by molar-refractivity contribution is 0.158. The largest absolute Gasteiger partial charge is 0.385 e. The smallest absolute Gasteiger partial charge is 0.147 e. The molecule has 1 aromatic rings. The molecule has 0 radical (unpaired) electrons. The number of rotatable bonds is 5. The van der Waals surface area contributed by atoms with E-state index in [1.54, 1.807) is 12.4 Å². The van der Waals surface area contributed by atoms with Gasteiger partial charge >= 0.3 is 0 Å². The first-order valence-corrected chi connectivity index (χ1v) is 6.40. The van der Waals surface area contributed by atoms with Crippen molar-refractivity contribution in [1.82, 2.24) is 9.97 Å². The molecule has 0 aromatic carbocycles. The summed E-state index contributed by atoms with van der Waals surface area (Å²) < 4.78 is 21.6. The molecule has 0 bridgehead atoms. The first kappa shape index (κ1) is 11.2. The van der Waals surface area contributed by atoms with Crippen LogP contribution < -0.4 is 0 Å². The second-order valence-corrected chi connectivity index (χ2v) is 5.52. The summed E-state index contributed by atoms with van der Waals surface area (Å²) in [4.78, 5) is 6.65. The number of nitrogens with one attached hydrogen (secondary N) is 1. The Morgan fingerprint density at radius 1 is 1.64 bits per heavy atom. The van der Waals surface area contributed by atoms with Crippen molar-refractivity contribution in [3.8, 4) is 0 Å². The van der Waals surface area contributed by atoms with E-state index in [-0.39, 0.29) is 5.75 Å². The standard InChI is InChI=1S/C8H14N2O3S/c1-14(12,13)6-2-3-7(11)8-9-4-5-10-8/h4-5,7,11H,2-3,6H2,1H3,(H,9,10). The number of sulfone groups is 1. The second kappa shape index (κ2) is 4.56. The van der Waals surface area contributed by atoms with Crippen LogP contribution in [-0.2, 0) is 9.84 Å². The van der Waals surface area contributed by atoms with Crippen LogP contribution >= 0.6 is 0 Å². The lowest BCUT2D eigenvalue weighted by Crippen LogP contribution is -2.06. The van der Waals surface area contributed by atoms with Crippen LogP contribution in [0.4, 0.5) is 0 Å². The molecule has 6 heteroatoms. The highest BCUT2D eigenvalue weighted by atomic mass is 32.2. The van der Waals surface area contributed by atoms with E-state index < -0.39 is 15.9 Å². The molecule has 1 unspecified atom stereocenters. The van der Waals surface area contributed by atoms with Crippen LogP contribution in [0.15, 0.2) is 12.4 Å². The van der Waals surface area contributed by atoms with E-state index in [1.807, 2.05) is 0 Å². The molecular formula is C8H14N2O3S. The molecule has 0 aliphatic carbocycles. The van der Waals surface area contributed by atoms with Crippen LogP contribution in [0, 0.1) is 0 Å². The van der Waals surface area contributed by atoms with E-state index in [9.17, 15) is 13.5 Å². The van der Waals surface area contributed by atoms with Crippen LogP contribution in [0.1, 0.15) is 24.8 Å². The van der Waals surface area contributed by atoms with E-state index in [2.05, 4.69) is 9.97 Å². The highest BCUT2D eigenvalue weighted by molar-refractivity contribution is 7.90. The first-order chi connectivity index (χ1) is 6.49. The fourth-order valence-corrected chi connectivity index (χ4v) is 1.83. The Balaban J connectivity index is 2.33.